The molecule has 3 atom stereocenters. The molecule has 4 N–H and O–H groups in total. The summed E-state index contributed by atoms with van der Waals surface area (Å²) in [6, 6.07) is 14.4. The second-order valence-corrected chi connectivity index (χ2v) is 13.6. The van der Waals surface area contributed by atoms with Crippen LogP contribution in [0.2, 0.25) is 5.02 Å². The molecule has 0 saturated carbocycles. The van der Waals surface area contributed by atoms with Crippen LogP contribution in [0.5, 0.6) is 11.5 Å². The standard InChI is InChI=1S/C29H28ClFN4O6S2/c30-23-9-19(4-5-26(23)40-14-17-2-1-3-18(31)8-17)34-29-22-11-25(35-28(38)10-21-6-7-42-43(21)39)27(41-15-20(37)13-36)12-24(22)32-16-33-29/h1-5,8-9,11-12,16,20-21,36-37H,6-7,10,13-15H2,(H,35,38)(H,32,33,34). The number of benzene rings is 3. The zero-order chi connectivity index (χ0) is 30.3. The van der Waals surface area contributed by atoms with Crippen LogP contribution in [-0.2, 0) is 21.6 Å². The SMILES string of the molecule is O=C(CC1CCS[S+]1[O-])Nc1cc2c(Nc3ccc(OCc4cccc(F)c4)c(Cl)c3)ncnc2cc1OCC(O)CO. The van der Waals surface area contributed by atoms with Crippen LogP contribution in [0, 0.1) is 5.82 Å². The third-order valence-electron chi connectivity index (χ3n) is 6.46. The summed E-state index contributed by atoms with van der Waals surface area (Å²) in [6.07, 6.45) is 1.01. The molecule has 0 bridgehead atoms. The third kappa shape index (κ3) is 8.19. The van der Waals surface area contributed by atoms with E-state index in [0.717, 1.165) is 5.75 Å². The fourth-order valence-electron chi connectivity index (χ4n) is 4.29. The summed E-state index contributed by atoms with van der Waals surface area (Å²) in [4.78, 5) is 21.6. The number of amides is 1. The predicted molar refractivity (Wildman–Crippen MR) is 166 cm³/mol. The van der Waals surface area contributed by atoms with Gasteiger partial charge in [-0.1, -0.05) is 23.7 Å². The fourth-order valence-corrected chi connectivity index (χ4v) is 7.86. The summed E-state index contributed by atoms with van der Waals surface area (Å²) in [5, 5.41) is 25.7. The molecule has 1 amide bonds. The molecule has 4 aromatic rings. The van der Waals surface area contributed by atoms with E-state index < -0.39 is 22.9 Å². The van der Waals surface area contributed by atoms with Gasteiger partial charge in [0.15, 0.2) is 0 Å². The fraction of sp³-hybridized carbons (Fsp3) is 0.276. The summed E-state index contributed by atoms with van der Waals surface area (Å²) in [7, 11) is 0.218. The highest BCUT2D eigenvalue weighted by Crippen LogP contribution is 2.36. The summed E-state index contributed by atoms with van der Waals surface area (Å²) in [5.41, 5.74) is 2.05. The molecule has 10 nitrogen and oxygen atoms in total. The summed E-state index contributed by atoms with van der Waals surface area (Å²) in [6.45, 7) is -0.561. The third-order valence-corrected chi connectivity index (χ3v) is 10.3. The number of nitrogens with zero attached hydrogens (tertiary/aromatic N) is 2. The average molecular weight is 647 g/mol. The highest BCUT2D eigenvalue weighted by molar-refractivity contribution is 8.72. The van der Waals surface area contributed by atoms with Crippen molar-refractivity contribution < 1.29 is 33.4 Å². The quantitative estimate of drug-likeness (QED) is 0.123. The number of aliphatic hydroxyl groups excluding tert-OH is 2. The zero-order valence-corrected chi connectivity index (χ0v) is 25.1. The van der Waals surface area contributed by atoms with Crippen molar-refractivity contribution in [3.63, 3.8) is 0 Å². The monoisotopic (exact) mass is 646 g/mol. The largest absolute Gasteiger partial charge is 0.605 e. The zero-order valence-electron chi connectivity index (χ0n) is 22.7. The Morgan fingerprint density at radius 1 is 1.19 bits per heavy atom. The van der Waals surface area contributed by atoms with Crippen LogP contribution in [0.15, 0.2) is 60.9 Å². The molecule has 14 heteroatoms. The number of rotatable bonds is 12. The first-order valence-corrected chi connectivity index (χ1v) is 16.4. The van der Waals surface area contributed by atoms with Gasteiger partial charge in [0.25, 0.3) is 0 Å². The topological polar surface area (TPSA) is 149 Å². The van der Waals surface area contributed by atoms with E-state index in [9.17, 15) is 24.0 Å². The molecule has 3 aromatic carbocycles. The number of carbonyl (C=O) groups excluding carboxylic acids is 1. The lowest BCUT2D eigenvalue weighted by atomic mass is 10.1. The van der Waals surface area contributed by atoms with Crippen LogP contribution >= 0.6 is 22.4 Å². The maximum atomic E-state index is 13.5. The van der Waals surface area contributed by atoms with E-state index in [-0.39, 0.29) is 42.4 Å². The Balaban J connectivity index is 1.37. The van der Waals surface area contributed by atoms with E-state index in [0.29, 0.717) is 50.9 Å². The predicted octanol–water partition coefficient (Wildman–Crippen LogP) is 4.97. The van der Waals surface area contributed by atoms with E-state index >= 15 is 0 Å². The molecule has 43 heavy (non-hydrogen) atoms. The van der Waals surface area contributed by atoms with Crippen LogP contribution in [0.3, 0.4) is 0 Å². The number of nitrogens with one attached hydrogen (secondary N) is 2. The molecule has 3 unspecified atom stereocenters. The van der Waals surface area contributed by atoms with Crippen LogP contribution in [0.4, 0.5) is 21.6 Å². The minimum atomic E-state index is -1.12. The molecule has 5 rings (SSSR count). The number of ether oxygens (including phenoxy) is 2. The maximum absolute atomic E-state index is 13.5. The Kier molecular flexibility index (Phi) is 10.4. The van der Waals surface area contributed by atoms with Crippen molar-refractivity contribution in [1.82, 2.24) is 9.97 Å². The molecule has 0 aliphatic carbocycles. The molecule has 1 aliphatic rings. The minimum absolute atomic E-state index is 0.0822. The summed E-state index contributed by atoms with van der Waals surface area (Å²) >= 11 is 6.47. The Morgan fingerprint density at radius 2 is 2.05 bits per heavy atom. The number of anilines is 3. The summed E-state index contributed by atoms with van der Waals surface area (Å²) in [5.74, 6) is 1.13. The van der Waals surface area contributed by atoms with Crippen LogP contribution < -0.4 is 20.1 Å². The minimum Gasteiger partial charge on any atom is -0.605 e. The molecule has 1 fully saturated rings. The molecule has 2 heterocycles. The van der Waals surface area contributed by atoms with Crippen molar-refractivity contribution in [2.75, 3.05) is 29.6 Å². The van der Waals surface area contributed by atoms with Gasteiger partial charge in [-0.15, -0.1) is 0 Å². The lowest BCUT2D eigenvalue weighted by Gasteiger charge is -2.17. The molecule has 1 aliphatic heterocycles. The van der Waals surface area contributed by atoms with E-state index in [1.165, 1.54) is 29.3 Å². The Hall–Kier alpha value is -3.33. The van der Waals surface area contributed by atoms with Crippen LogP contribution in [0.1, 0.15) is 18.4 Å². The highest BCUT2D eigenvalue weighted by Gasteiger charge is 2.33. The van der Waals surface area contributed by atoms with Gasteiger partial charge < -0.3 is 34.9 Å². The number of hydrogen-bond donors (Lipinski definition) is 4. The first kappa shape index (κ1) is 31.1. The van der Waals surface area contributed by atoms with Gasteiger partial charge in [-0.2, -0.15) is 0 Å². The van der Waals surface area contributed by atoms with E-state index in [2.05, 4.69) is 20.6 Å². The lowest BCUT2D eigenvalue weighted by molar-refractivity contribution is -0.116. The van der Waals surface area contributed by atoms with Crippen molar-refractivity contribution in [2.24, 2.45) is 0 Å². The van der Waals surface area contributed by atoms with Crippen LogP contribution in [0.25, 0.3) is 10.9 Å². The number of aliphatic hydroxyl groups is 2. The second kappa shape index (κ2) is 14.4. The van der Waals surface area contributed by atoms with Crippen molar-refractivity contribution in [3.05, 3.63) is 77.3 Å². The molecule has 0 radical (unpaired) electrons. The second-order valence-electron chi connectivity index (χ2n) is 9.67. The Bertz CT molecular complexity index is 1600. The number of carbonyl (C=O) groups is 1. The van der Waals surface area contributed by atoms with Gasteiger partial charge in [0, 0.05) is 39.5 Å². The molecule has 226 valence electrons. The van der Waals surface area contributed by atoms with Gasteiger partial charge in [0.1, 0.15) is 54.0 Å². The maximum Gasteiger partial charge on any atom is 0.229 e. The van der Waals surface area contributed by atoms with Crippen LogP contribution in [-0.4, -0.2) is 61.0 Å². The number of aromatic nitrogens is 2. The van der Waals surface area contributed by atoms with Crippen molar-refractivity contribution >= 4 is 66.6 Å². The lowest BCUT2D eigenvalue weighted by Crippen LogP contribution is -2.24. The van der Waals surface area contributed by atoms with Gasteiger partial charge in [0.05, 0.1) is 40.0 Å². The van der Waals surface area contributed by atoms with Gasteiger partial charge in [-0.3, -0.25) is 4.79 Å². The van der Waals surface area contributed by atoms with Crippen molar-refractivity contribution in [2.45, 2.75) is 30.8 Å². The highest BCUT2D eigenvalue weighted by atomic mass is 35.5. The molecular weight excluding hydrogens is 619 g/mol. The summed E-state index contributed by atoms with van der Waals surface area (Å²) < 4.78 is 37.1. The van der Waals surface area contributed by atoms with E-state index in [1.54, 1.807) is 42.5 Å². The van der Waals surface area contributed by atoms with E-state index in [4.69, 9.17) is 21.1 Å². The van der Waals surface area contributed by atoms with Gasteiger partial charge >= 0.3 is 0 Å². The normalized spacial score (nSPS) is 17.0. The Morgan fingerprint density at radius 3 is 2.79 bits per heavy atom. The van der Waals surface area contributed by atoms with Gasteiger partial charge in [-0.25, -0.2) is 14.4 Å². The van der Waals surface area contributed by atoms with E-state index in [1.807, 2.05) is 0 Å². The van der Waals surface area contributed by atoms with Gasteiger partial charge in [0.2, 0.25) is 5.91 Å². The smallest absolute Gasteiger partial charge is 0.229 e. The van der Waals surface area contributed by atoms with Gasteiger partial charge in [-0.05, 0) is 42.0 Å². The Labute approximate surface area is 258 Å². The van der Waals surface area contributed by atoms with Crippen molar-refractivity contribution in [1.29, 1.82) is 0 Å². The average Bonchev–Trinajstić information content (AvgIpc) is 3.39. The molecular formula is C29H28ClFN4O6S2. The first-order chi connectivity index (χ1) is 20.8. The first-order valence-electron chi connectivity index (χ1n) is 13.3. The van der Waals surface area contributed by atoms with Crippen molar-refractivity contribution in [3.8, 4) is 11.5 Å². The molecule has 0 spiro atoms. The molecule has 1 aromatic heterocycles. The molecule has 1 saturated heterocycles. The number of hydrogen-bond acceptors (Lipinski definition) is 10. The number of halogens is 2. The number of fused-ring (bicyclic) bond motifs is 1.